The highest BCUT2D eigenvalue weighted by atomic mass is 32.2. The lowest BCUT2D eigenvalue weighted by Crippen LogP contribution is -2.26. The Balaban J connectivity index is 1.83. The molecule has 0 radical (unpaired) electrons. The standard InChI is InChI=1S/C15H20N2O3S2/c1-11-6-4-5-7-14(11)10-21-9-8-16-22(18,19)15-12(2)17-20-13(15)3/h4-7,16H,8-10H2,1-3H3. The van der Waals surface area contributed by atoms with E-state index in [1.54, 1.807) is 25.6 Å². The van der Waals surface area contributed by atoms with E-state index in [0.29, 0.717) is 23.8 Å². The number of nitrogens with zero attached hydrogens (tertiary/aromatic N) is 1. The highest BCUT2D eigenvalue weighted by molar-refractivity contribution is 7.98. The third kappa shape index (κ3) is 4.12. The molecule has 0 unspecified atom stereocenters. The van der Waals surface area contributed by atoms with E-state index >= 15 is 0 Å². The lowest BCUT2D eigenvalue weighted by atomic mass is 10.1. The molecule has 2 rings (SSSR count). The van der Waals surface area contributed by atoms with Crippen molar-refractivity contribution in [3.05, 3.63) is 46.8 Å². The molecule has 22 heavy (non-hydrogen) atoms. The van der Waals surface area contributed by atoms with Gasteiger partial charge < -0.3 is 4.52 Å². The fourth-order valence-corrected chi connectivity index (χ4v) is 4.55. The van der Waals surface area contributed by atoms with E-state index in [9.17, 15) is 8.42 Å². The average molecular weight is 340 g/mol. The predicted molar refractivity (Wildman–Crippen MR) is 88.5 cm³/mol. The maximum atomic E-state index is 12.2. The van der Waals surface area contributed by atoms with E-state index in [-0.39, 0.29) is 4.90 Å². The fraction of sp³-hybridized carbons (Fsp3) is 0.400. The summed E-state index contributed by atoms with van der Waals surface area (Å²) in [6, 6.07) is 8.21. The van der Waals surface area contributed by atoms with Crippen molar-refractivity contribution in [3.8, 4) is 0 Å². The topological polar surface area (TPSA) is 72.2 Å². The van der Waals surface area contributed by atoms with Crippen molar-refractivity contribution in [2.24, 2.45) is 0 Å². The van der Waals surface area contributed by atoms with Gasteiger partial charge in [0, 0.05) is 18.1 Å². The van der Waals surface area contributed by atoms with Crippen molar-refractivity contribution < 1.29 is 12.9 Å². The Morgan fingerprint density at radius 1 is 1.23 bits per heavy atom. The predicted octanol–water partition coefficient (Wildman–Crippen LogP) is 2.81. The molecule has 0 amide bonds. The van der Waals surface area contributed by atoms with Gasteiger partial charge in [0.1, 0.15) is 10.6 Å². The molecule has 1 aromatic carbocycles. The molecule has 1 heterocycles. The van der Waals surface area contributed by atoms with Crippen LogP contribution in [-0.4, -0.2) is 25.9 Å². The van der Waals surface area contributed by atoms with Crippen LogP contribution in [0.3, 0.4) is 0 Å². The Hall–Kier alpha value is -1.31. The maximum absolute atomic E-state index is 12.2. The first-order valence-corrected chi connectivity index (χ1v) is 9.60. The van der Waals surface area contributed by atoms with Crippen LogP contribution in [0.4, 0.5) is 0 Å². The molecule has 2 aromatic rings. The Kier molecular flexibility index (Phi) is 5.66. The minimum Gasteiger partial charge on any atom is -0.360 e. The molecule has 5 nitrogen and oxygen atoms in total. The van der Waals surface area contributed by atoms with Crippen molar-refractivity contribution in [1.82, 2.24) is 9.88 Å². The van der Waals surface area contributed by atoms with Gasteiger partial charge in [0.15, 0.2) is 5.76 Å². The molecule has 0 fully saturated rings. The minimum atomic E-state index is -3.55. The lowest BCUT2D eigenvalue weighted by molar-refractivity contribution is 0.390. The van der Waals surface area contributed by atoms with Gasteiger partial charge in [0.25, 0.3) is 0 Å². The maximum Gasteiger partial charge on any atom is 0.245 e. The molecule has 1 aromatic heterocycles. The van der Waals surface area contributed by atoms with Gasteiger partial charge >= 0.3 is 0 Å². The van der Waals surface area contributed by atoms with E-state index in [4.69, 9.17) is 4.52 Å². The second-order valence-electron chi connectivity index (χ2n) is 5.03. The van der Waals surface area contributed by atoms with Gasteiger partial charge in [-0.25, -0.2) is 13.1 Å². The summed E-state index contributed by atoms with van der Waals surface area (Å²) in [6.07, 6.45) is 0. The number of nitrogens with one attached hydrogen (secondary N) is 1. The SMILES string of the molecule is Cc1ccccc1CSCCNS(=O)(=O)c1c(C)noc1C. The van der Waals surface area contributed by atoms with Gasteiger partial charge in [0.2, 0.25) is 10.0 Å². The first kappa shape index (κ1) is 17.1. The summed E-state index contributed by atoms with van der Waals surface area (Å²) >= 11 is 1.70. The fourth-order valence-electron chi connectivity index (χ4n) is 2.13. The zero-order valence-corrected chi connectivity index (χ0v) is 14.6. The second kappa shape index (κ2) is 7.30. The van der Waals surface area contributed by atoms with Crippen molar-refractivity contribution in [2.75, 3.05) is 12.3 Å². The van der Waals surface area contributed by atoms with E-state index < -0.39 is 10.0 Å². The number of hydrogen-bond donors (Lipinski definition) is 1. The van der Waals surface area contributed by atoms with Gasteiger partial charge in [0.05, 0.1) is 0 Å². The van der Waals surface area contributed by atoms with Crippen molar-refractivity contribution >= 4 is 21.8 Å². The van der Waals surface area contributed by atoms with Crippen LogP contribution in [0.2, 0.25) is 0 Å². The van der Waals surface area contributed by atoms with Crippen molar-refractivity contribution in [2.45, 2.75) is 31.4 Å². The largest absolute Gasteiger partial charge is 0.360 e. The molecular weight excluding hydrogens is 320 g/mol. The quantitative estimate of drug-likeness (QED) is 0.785. The van der Waals surface area contributed by atoms with Crippen LogP contribution in [0, 0.1) is 20.8 Å². The number of thioether (sulfide) groups is 1. The van der Waals surface area contributed by atoms with E-state index in [2.05, 4.69) is 28.9 Å². The van der Waals surface area contributed by atoms with Crippen LogP contribution in [-0.2, 0) is 15.8 Å². The molecular formula is C15H20N2O3S2. The number of aromatic nitrogens is 1. The Morgan fingerprint density at radius 3 is 2.59 bits per heavy atom. The normalized spacial score (nSPS) is 11.8. The molecule has 0 saturated carbocycles. The second-order valence-corrected chi connectivity index (χ2v) is 7.84. The first-order chi connectivity index (χ1) is 10.4. The monoisotopic (exact) mass is 340 g/mol. The van der Waals surface area contributed by atoms with Gasteiger partial charge in [-0.05, 0) is 31.9 Å². The lowest BCUT2D eigenvalue weighted by Gasteiger charge is -2.07. The number of aryl methyl sites for hydroxylation is 3. The van der Waals surface area contributed by atoms with Crippen molar-refractivity contribution in [3.63, 3.8) is 0 Å². The molecule has 0 aliphatic rings. The molecule has 0 saturated heterocycles. The Labute approximate surface area is 135 Å². The highest BCUT2D eigenvalue weighted by Gasteiger charge is 2.23. The Morgan fingerprint density at radius 2 is 1.95 bits per heavy atom. The summed E-state index contributed by atoms with van der Waals surface area (Å²) in [7, 11) is -3.55. The van der Waals surface area contributed by atoms with Crippen LogP contribution >= 0.6 is 11.8 Å². The highest BCUT2D eigenvalue weighted by Crippen LogP contribution is 2.19. The number of sulfonamides is 1. The summed E-state index contributed by atoms with van der Waals surface area (Å²) in [5.74, 6) is 1.90. The number of hydrogen-bond acceptors (Lipinski definition) is 5. The van der Waals surface area contributed by atoms with E-state index in [1.807, 2.05) is 12.1 Å². The first-order valence-electron chi connectivity index (χ1n) is 6.96. The van der Waals surface area contributed by atoms with Gasteiger partial charge in [-0.1, -0.05) is 29.4 Å². The zero-order chi connectivity index (χ0) is 16.2. The van der Waals surface area contributed by atoms with Gasteiger partial charge in [-0.2, -0.15) is 11.8 Å². The Bertz CT molecular complexity index is 719. The van der Waals surface area contributed by atoms with Crippen LogP contribution < -0.4 is 4.72 Å². The number of rotatable bonds is 7. The summed E-state index contributed by atoms with van der Waals surface area (Å²) < 4.78 is 31.9. The van der Waals surface area contributed by atoms with Crippen LogP contribution in [0.25, 0.3) is 0 Å². The molecule has 0 bridgehead atoms. The third-order valence-corrected chi connectivity index (χ3v) is 6.01. The van der Waals surface area contributed by atoms with Crippen LogP contribution in [0.15, 0.2) is 33.7 Å². The molecule has 120 valence electrons. The summed E-state index contributed by atoms with van der Waals surface area (Å²) in [4.78, 5) is 0.149. The molecule has 0 spiro atoms. The third-order valence-electron chi connectivity index (χ3n) is 3.29. The van der Waals surface area contributed by atoms with Gasteiger partial charge in [-0.3, -0.25) is 0 Å². The van der Waals surface area contributed by atoms with E-state index in [1.165, 1.54) is 11.1 Å². The average Bonchev–Trinajstić information content (AvgIpc) is 2.80. The molecule has 7 heteroatoms. The molecule has 0 atom stereocenters. The summed E-state index contributed by atoms with van der Waals surface area (Å²) in [5, 5.41) is 3.68. The molecule has 0 aliphatic heterocycles. The molecule has 0 aliphatic carbocycles. The summed E-state index contributed by atoms with van der Waals surface area (Å²) in [6.45, 7) is 5.68. The van der Waals surface area contributed by atoms with Crippen LogP contribution in [0.5, 0.6) is 0 Å². The van der Waals surface area contributed by atoms with Crippen LogP contribution in [0.1, 0.15) is 22.6 Å². The van der Waals surface area contributed by atoms with Crippen molar-refractivity contribution in [1.29, 1.82) is 0 Å². The number of benzene rings is 1. The molecule has 1 N–H and O–H groups in total. The van der Waals surface area contributed by atoms with Gasteiger partial charge in [-0.15, -0.1) is 0 Å². The smallest absolute Gasteiger partial charge is 0.245 e. The minimum absolute atomic E-state index is 0.149. The zero-order valence-electron chi connectivity index (χ0n) is 12.9. The van der Waals surface area contributed by atoms with E-state index in [0.717, 1.165) is 5.75 Å². The summed E-state index contributed by atoms with van der Waals surface area (Å²) in [5.41, 5.74) is 2.92.